The standard InChI is InChI=1S/C10H16N4O/c1-10(2,3-9(11)15)14-6-8-4-12-7-13-5-8/h4-5,7,14H,3,6H2,1-2H3,(H2,11,15). The van der Waals surface area contributed by atoms with Gasteiger partial charge in [-0.2, -0.15) is 0 Å². The predicted octanol–water partition coefficient (Wildman–Crippen LogP) is 0.220. The van der Waals surface area contributed by atoms with Crippen LogP contribution < -0.4 is 11.1 Å². The van der Waals surface area contributed by atoms with Crippen molar-refractivity contribution in [3.63, 3.8) is 0 Å². The molecule has 3 N–H and O–H groups in total. The maximum atomic E-state index is 10.8. The van der Waals surface area contributed by atoms with Gasteiger partial charge >= 0.3 is 0 Å². The molecule has 0 saturated carbocycles. The molecule has 0 saturated heterocycles. The first-order valence-electron chi connectivity index (χ1n) is 4.77. The van der Waals surface area contributed by atoms with E-state index in [4.69, 9.17) is 5.73 Å². The van der Waals surface area contributed by atoms with Gasteiger partial charge in [-0.3, -0.25) is 4.79 Å². The molecular weight excluding hydrogens is 192 g/mol. The molecule has 15 heavy (non-hydrogen) atoms. The van der Waals surface area contributed by atoms with Crippen LogP contribution in [0.25, 0.3) is 0 Å². The molecule has 1 aromatic rings. The molecular formula is C10H16N4O. The average Bonchev–Trinajstić information content (AvgIpc) is 2.15. The van der Waals surface area contributed by atoms with E-state index in [0.29, 0.717) is 13.0 Å². The highest BCUT2D eigenvalue weighted by molar-refractivity contribution is 5.74. The number of hydrogen-bond acceptors (Lipinski definition) is 4. The van der Waals surface area contributed by atoms with E-state index >= 15 is 0 Å². The van der Waals surface area contributed by atoms with Crippen LogP contribution in [0.3, 0.4) is 0 Å². The van der Waals surface area contributed by atoms with Crippen LogP contribution in [-0.2, 0) is 11.3 Å². The Hall–Kier alpha value is -1.49. The number of nitrogens with one attached hydrogen (secondary N) is 1. The van der Waals surface area contributed by atoms with Crippen molar-refractivity contribution in [2.75, 3.05) is 0 Å². The smallest absolute Gasteiger partial charge is 0.219 e. The molecule has 0 aliphatic heterocycles. The lowest BCUT2D eigenvalue weighted by Crippen LogP contribution is -2.42. The quantitative estimate of drug-likeness (QED) is 0.725. The molecule has 0 atom stereocenters. The van der Waals surface area contributed by atoms with Crippen molar-refractivity contribution in [1.82, 2.24) is 15.3 Å². The summed E-state index contributed by atoms with van der Waals surface area (Å²) in [7, 11) is 0. The van der Waals surface area contributed by atoms with Gasteiger partial charge in [0.15, 0.2) is 0 Å². The second-order valence-electron chi connectivity index (χ2n) is 4.13. The topological polar surface area (TPSA) is 80.9 Å². The number of amides is 1. The fraction of sp³-hybridized carbons (Fsp3) is 0.500. The van der Waals surface area contributed by atoms with Crippen LogP contribution in [0.5, 0.6) is 0 Å². The average molecular weight is 208 g/mol. The van der Waals surface area contributed by atoms with Crippen LogP contribution in [-0.4, -0.2) is 21.4 Å². The van der Waals surface area contributed by atoms with Crippen molar-refractivity contribution in [3.8, 4) is 0 Å². The minimum atomic E-state index is -0.309. The summed E-state index contributed by atoms with van der Waals surface area (Å²) in [5.74, 6) is -0.309. The molecule has 0 radical (unpaired) electrons. The Bertz CT molecular complexity index is 323. The molecule has 5 heteroatoms. The number of primary amides is 1. The van der Waals surface area contributed by atoms with Crippen LogP contribution in [0.4, 0.5) is 0 Å². The van der Waals surface area contributed by atoms with Gasteiger partial charge in [0.2, 0.25) is 5.91 Å². The summed E-state index contributed by atoms with van der Waals surface area (Å²) < 4.78 is 0. The van der Waals surface area contributed by atoms with Crippen molar-refractivity contribution in [2.45, 2.75) is 32.4 Å². The van der Waals surface area contributed by atoms with E-state index in [1.807, 2.05) is 13.8 Å². The van der Waals surface area contributed by atoms with Crippen molar-refractivity contribution in [1.29, 1.82) is 0 Å². The number of carbonyl (C=O) groups excluding carboxylic acids is 1. The Balaban J connectivity index is 2.46. The molecule has 1 amide bonds. The molecule has 0 unspecified atom stereocenters. The van der Waals surface area contributed by atoms with E-state index in [1.54, 1.807) is 12.4 Å². The maximum absolute atomic E-state index is 10.8. The Kier molecular flexibility index (Phi) is 3.74. The largest absolute Gasteiger partial charge is 0.370 e. The lowest BCUT2D eigenvalue weighted by molar-refractivity contribution is -0.119. The fourth-order valence-electron chi connectivity index (χ4n) is 1.26. The van der Waals surface area contributed by atoms with Crippen LogP contribution in [0, 0.1) is 0 Å². The molecule has 0 spiro atoms. The molecule has 0 aliphatic rings. The summed E-state index contributed by atoms with van der Waals surface area (Å²) in [4.78, 5) is 18.6. The molecule has 0 bridgehead atoms. The first kappa shape index (κ1) is 11.6. The third kappa shape index (κ3) is 4.51. The highest BCUT2D eigenvalue weighted by atomic mass is 16.1. The number of hydrogen-bond donors (Lipinski definition) is 2. The number of rotatable bonds is 5. The molecule has 82 valence electrons. The highest BCUT2D eigenvalue weighted by Gasteiger charge is 2.19. The van der Waals surface area contributed by atoms with Gasteiger partial charge in [0.25, 0.3) is 0 Å². The van der Waals surface area contributed by atoms with Crippen LogP contribution >= 0.6 is 0 Å². The van der Waals surface area contributed by atoms with Gasteiger partial charge in [0.1, 0.15) is 6.33 Å². The van der Waals surface area contributed by atoms with Crippen molar-refractivity contribution >= 4 is 5.91 Å². The van der Waals surface area contributed by atoms with Gasteiger partial charge in [-0.1, -0.05) is 0 Å². The van der Waals surface area contributed by atoms with E-state index in [-0.39, 0.29) is 11.4 Å². The lowest BCUT2D eigenvalue weighted by Gasteiger charge is -2.24. The lowest BCUT2D eigenvalue weighted by atomic mass is 10.00. The van der Waals surface area contributed by atoms with Gasteiger partial charge in [0, 0.05) is 36.5 Å². The summed E-state index contributed by atoms with van der Waals surface area (Å²) in [6, 6.07) is 0. The van der Waals surface area contributed by atoms with Gasteiger partial charge < -0.3 is 11.1 Å². The van der Waals surface area contributed by atoms with E-state index in [9.17, 15) is 4.79 Å². The summed E-state index contributed by atoms with van der Waals surface area (Å²) in [6.45, 7) is 4.49. The fourth-order valence-corrected chi connectivity index (χ4v) is 1.26. The first-order valence-corrected chi connectivity index (χ1v) is 4.77. The first-order chi connectivity index (χ1) is 6.99. The monoisotopic (exact) mass is 208 g/mol. The van der Waals surface area contributed by atoms with Crippen LogP contribution in [0.2, 0.25) is 0 Å². The normalized spacial score (nSPS) is 11.3. The minimum Gasteiger partial charge on any atom is -0.370 e. The van der Waals surface area contributed by atoms with E-state index in [2.05, 4.69) is 15.3 Å². The minimum absolute atomic E-state index is 0.304. The zero-order valence-corrected chi connectivity index (χ0v) is 9.03. The van der Waals surface area contributed by atoms with Crippen LogP contribution in [0.15, 0.2) is 18.7 Å². The molecule has 1 aromatic heterocycles. The second-order valence-corrected chi connectivity index (χ2v) is 4.13. The molecule has 0 aliphatic carbocycles. The SMILES string of the molecule is CC(C)(CC(N)=O)NCc1cncnc1. The Labute approximate surface area is 89.1 Å². The van der Waals surface area contributed by atoms with Gasteiger partial charge in [-0.15, -0.1) is 0 Å². The zero-order chi connectivity index (χ0) is 11.3. The molecule has 5 nitrogen and oxygen atoms in total. The highest BCUT2D eigenvalue weighted by Crippen LogP contribution is 2.08. The van der Waals surface area contributed by atoms with Gasteiger partial charge in [-0.05, 0) is 13.8 Å². The van der Waals surface area contributed by atoms with E-state index < -0.39 is 0 Å². The molecule has 1 rings (SSSR count). The zero-order valence-electron chi connectivity index (χ0n) is 9.03. The number of aromatic nitrogens is 2. The number of carbonyl (C=O) groups is 1. The molecule has 0 aromatic carbocycles. The second kappa shape index (κ2) is 4.84. The van der Waals surface area contributed by atoms with Gasteiger partial charge in [-0.25, -0.2) is 9.97 Å². The molecule has 0 fully saturated rings. The summed E-state index contributed by atoms with van der Waals surface area (Å²) in [6.07, 6.45) is 5.26. The Morgan fingerprint density at radius 3 is 2.60 bits per heavy atom. The summed E-state index contributed by atoms with van der Waals surface area (Å²) >= 11 is 0. The van der Waals surface area contributed by atoms with Crippen molar-refractivity contribution in [3.05, 3.63) is 24.3 Å². The number of nitrogens with two attached hydrogens (primary N) is 1. The molecule has 1 heterocycles. The number of nitrogens with zero attached hydrogens (tertiary/aromatic N) is 2. The van der Waals surface area contributed by atoms with E-state index in [1.165, 1.54) is 6.33 Å². The third-order valence-corrected chi connectivity index (χ3v) is 2.00. The van der Waals surface area contributed by atoms with Crippen LogP contribution in [0.1, 0.15) is 25.8 Å². The summed E-state index contributed by atoms with van der Waals surface area (Å²) in [5.41, 5.74) is 5.82. The Morgan fingerprint density at radius 2 is 2.07 bits per heavy atom. The Morgan fingerprint density at radius 1 is 1.47 bits per heavy atom. The van der Waals surface area contributed by atoms with Crippen molar-refractivity contribution < 1.29 is 4.79 Å². The van der Waals surface area contributed by atoms with Crippen molar-refractivity contribution in [2.24, 2.45) is 5.73 Å². The van der Waals surface area contributed by atoms with Gasteiger partial charge in [0.05, 0.1) is 0 Å². The summed E-state index contributed by atoms with van der Waals surface area (Å²) in [5, 5.41) is 3.23. The van der Waals surface area contributed by atoms with E-state index in [0.717, 1.165) is 5.56 Å². The maximum Gasteiger partial charge on any atom is 0.219 e. The predicted molar refractivity (Wildman–Crippen MR) is 56.8 cm³/mol. The third-order valence-electron chi connectivity index (χ3n) is 2.00.